The molecule has 0 aliphatic carbocycles. The van der Waals surface area contributed by atoms with Crippen molar-refractivity contribution in [1.82, 2.24) is 5.32 Å². The van der Waals surface area contributed by atoms with Crippen molar-refractivity contribution in [1.29, 1.82) is 5.26 Å². The van der Waals surface area contributed by atoms with Crippen LogP contribution in [-0.2, 0) is 4.79 Å². The average Bonchev–Trinajstić information content (AvgIpc) is 2.74. The minimum absolute atomic E-state index is 0.174. The number of rotatable bonds is 2. The molecule has 0 spiro atoms. The summed E-state index contributed by atoms with van der Waals surface area (Å²) in [7, 11) is 0. The van der Waals surface area contributed by atoms with E-state index in [0.717, 1.165) is 5.56 Å². The fourth-order valence-electron chi connectivity index (χ4n) is 2.08. The van der Waals surface area contributed by atoms with Crippen LogP contribution in [0.4, 0.5) is 0 Å². The van der Waals surface area contributed by atoms with Gasteiger partial charge in [0.2, 0.25) is 0 Å². The number of carbonyl (C=O) groups is 1. The summed E-state index contributed by atoms with van der Waals surface area (Å²) in [4.78, 5) is 10.9. The number of aliphatic carboxylic acids is 1. The predicted molar refractivity (Wildman–Crippen MR) is 57.5 cm³/mol. The average molecular weight is 216 g/mol. The van der Waals surface area contributed by atoms with E-state index in [9.17, 15) is 4.79 Å². The molecular formula is C12H12N2O2. The van der Waals surface area contributed by atoms with E-state index in [1.807, 2.05) is 30.3 Å². The molecule has 1 saturated heterocycles. The van der Waals surface area contributed by atoms with Gasteiger partial charge in [-0.3, -0.25) is 10.1 Å². The molecule has 1 aromatic carbocycles. The zero-order valence-electron chi connectivity index (χ0n) is 8.63. The Balaban J connectivity index is 2.22. The van der Waals surface area contributed by atoms with Gasteiger partial charge in [0.25, 0.3) is 0 Å². The maximum absolute atomic E-state index is 10.9. The molecule has 2 unspecified atom stereocenters. The maximum Gasteiger partial charge on any atom is 0.320 e. The van der Waals surface area contributed by atoms with Gasteiger partial charge >= 0.3 is 5.97 Å². The molecule has 0 radical (unpaired) electrons. The molecular weight excluding hydrogens is 204 g/mol. The van der Waals surface area contributed by atoms with Gasteiger partial charge in [0.1, 0.15) is 6.04 Å². The Labute approximate surface area is 93.5 Å². The first-order valence-corrected chi connectivity index (χ1v) is 5.16. The molecule has 4 nitrogen and oxygen atoms in total. The van der Waals surface area contributed by atoms with Crippen molar-refractivity contribution in [2.45, 2.75) is 18.5 Å². The van der Waals surface area contributed by atoms with Crippen LogP contribution < -0.4 is 5.32 Å². The van der Waals surface area contributed by atoms with E-state index in [4.69, 9.17) is 10.4 Å². The largest absolute Gasteiger partial charge is 0.480 e. The normalized spacial score (nSPS) is 28.6. The van der Waals surface area contributed by atoms with Gasteiger partial charge in [0.15, 0.2) is 0 Å². The van der Waals surface area contributed by atoms with Crippen LogP contribution in [0.15, 0.2) is 30.3 Å². The smallest absolute Gasteiger partial charge is 0.320 e. The highest BCUT2D eigenvalue weighted by atomic mass is 16.4. The third-order valence-corrected chi connectivity index (χ3v) is 2.90. The molecule has 1 heterocycles. The number of hydrogen-bond donors (Lipinski definition) is 2. The van der Waals surface area contributed by atoms with Crippen molar-refractivity contribution in [2.24, 2.45) is 5.92 Å². The standard InChI is InChI=1S/C12H12N2O2/c13-7-9-6-10(12(15)16)14-11(9)8-4-2-1-3-5-8/h1-5,9-11,14H,6H2,(H,15,16)/t9?,10-,11?/m0/s1. The Morgan fingerprint density at radius 1 is 1.44 bits per heavy atom. The van der Waals surface area contributed by atoms with Crippen LogP contribution in [0, 0.1) is 17.2 Å². The molecule has 3 atom stereocenters. The van der Waals surface area contributed by atoms with Crippen molar-refractivity contribution in [3.05, 3.63) is 35.9 Å². The van der Waals surface area contributed by atoms with E-state index in [1.54, 1.807) is 0 Å². The highest BCUT2D eigenvalue weighted by Gasteiger charge is 2.37. The third-order valence-electron chi connectivity index (χ3n) is 2.90. The summed E-state index contributed by atoms with van der Waals surface area (Å²) in [5, 5.41) is 20.9. The molecule has 16 heavy (non-hydrogen) atoms. The number of carboxylic acid groups (broad SMARTS) is 1. The first-order chi connectivity index (χ1) is 7.72. The molecule has 2 rings (SSSR count). The van der Waals surface area contributed by atoms with Crippen molar-refractivity contribution in [2.75, 3.05) is 0 Å². The number of nitrogens with zero attached hydrogens (tertiary/aromatic N) is 1. The minimum atomic E-state index is -0.890. The number of hydrogen-bond acceptors (Lipinski definition) is 3. The highest BCUT2D eigenvalue weighted by molar-refractivity contribution is 5.74. The minimum Gasteiger partial charge on any atom is -0.480 e. The molecule has 1 aliphatic rings. The van der Waals surface area contributed by atoms with E-state index in [1.165, 1.54) is 0 Å². The molecule has 82 valence electrons. The first-order valence-electron chi connectivity index (χ1n) is 5.16. The van der Waals surface area contributed by atoms with Gasteiger partial charge in [-0.15, -0.1) is 0 Å². The van der Waals surface area contributed by atoms with E-state index in [2.05, 4.69) is 11.4 Å². The van der Waals surface area contributed by atoms with E-state index < -0.39 is 12.0 Å². The molecule has 1 aliphatic heterocycles. The first kappa shape index (κ1) is 10.7. The summed E-state index contributed by atoms with van der Waals surface area (Å²) in [6.45, 7) is 0. The van der Waals surface area contributed by atoms with Gasteiger partial charge in [-0.25, -0.2) is 0 Å². The Hall–Kier alpha value is -1.86. The molecule has 0 bridgehead atoms. The Morgan fingerprint density at radius 2 is 2.12 bits per heavy atom. The molecule has 2 N–H and O–H groups in total. The lowest BCUT2D eigenvalue weighted by molar-refractivity contribution is -0.139. The monoisotopic (exact) mass is 216 g/mol. The molecule has 1 aromatic rings. The summed E-state index contributed by atoms with van der Waals surface area (Å²) in [6.07, 6.45) is 0.366. The summed E-state index contributed by atoms with van der Waals surface area (Å²) < 4.78 is 0. The SMILES string of the molecule is N#CC1C[C@@H](C(=O)O)NC1c1ccccc1. The van der Waals surface area contributed by atoms with Crippen molar-refractivity contribution >= 4 is 5.97 Å². The van der Waals surface area contributed by atoms with E-state index in [0.29, 0.717) is 6.42 Å². The lowest BCUT2D eigenvalue weighted by Crippen LogP contribution is -2.31. The third kappa shape index (κ3) is 1.90. The van der Waals surface area contributed by atoms with Crippen LogP contribution in [0.5, 0.6) is 0 Å². The van der Waals surface area contributed by atoms with Crippen molar-refractivity contribution in [3.63, 3.8) is 0 Å². The van der Waals surface area contributed by atoms with Crippen LogP contribution in [0.2, 0.25) is 0 Å². The van der Waals surface area contributed by atoms with Gasteiger partial charge in [0, 0.05) is 6.04 Å². The lowest BCUT2D eigenvalue weighted by Gasteiger charge is -2.14. The van der Waals surface area contributed by atoms with Crippen LogP contribution in [0.1, 0.15) is 18.0 Å². The second kappa shape index (κ2) is 4.33. The second-order valence-corrected chi connectivity index (χ2v) is 3.92. The summed E-state index contributed by atoms with van der Waals surface area (Å²) >= 11 is 0. The molecule has 4 heteroatoms. The van der Waals surface area contributed by atoms with Gasteiger partial charge in [-0.1, -0.05) is 30.3 Å². The zero-order valence-corrected chi connectivity index (χ0v) is 8.63. The number of nitrogens with one attached hydrogen (secondary N) is 1. The Morgan fingerprint density at radius 3 is 2.69 bits per heavy atom. The number of benzene rings is 1. The highest BCUT2D eigenvalue weighted by Crippen LogP contribution is 2.32. The van der Waals surface area contributed by atoms with Crippen molar-refractivity contribution < 1.29 is 9.90 Å². The van der Waals surface area contributed by atoms with Crippen LogP contribution in [0.3, 0.4) is 0 Å². The summed E-state index contributed by atoms with van der Waals surface area (Å²) in [6, 6.07) is 10.9. The van der Waals surface area contributed by atoms with Crippen LogP contribution in [0.25, 0.3) is 0 Å². The second-order valence-electron chi connectivity index (χ2n) is 3.92. The van der Waals surface area contributed by atoms with Crippen LogP contribution in [-0.4, -0.2) is 17.1 Å². The predicted octanol–water partition coefficient (Wildman–Crippen LogP) is 1.31. The Bertz CT molecular complexity index is 424. The van der Waals surface area contributed by atoms with E-state index >= 15 is 0 Å². The zero-order chi connectivity index (χ0) is 11.5. The van der Waals surface area contributed by atoms with Crippen LogP contribution >= 0.6 is 0 Å². The van der Waals surface area contributed by atoms with Gasteiger partial charge < -0.3 is 5.11 Å². The van der Waals surface area contributed by atoms with Gasteiger partial charge in [0.05, 0.1) is 12.0 Å². The molecule has 1 fully saturated rings. The topological polar surface area (TPSA) is 73.1 Å². The fourth-order valence-corrected chi connectivity index (χ4v) is 2.08. The van der Waals surface area contributed by atoms with Gasteiger partial charge in [-0.05, 0) is 12.0 Å². The molecule has 0 saturated carbocycles. The number of carboxylic acids is 1. The van der Waals surface area contributed by atoms with E-state index in [-0.39, 0.29) is 12.0 Å². The maximum atomic E-state index is 10.9. The fraction of sp³-hybridized carbons (Fsp3) is 0.333. The molecule has 0 aromatic heterocycles. The quantitative estimate of drug-likeness (QED) is 0.781. The number of nitriles is 1. The summed E-state index contributed by atoms with van der Waals surface area (Å²) in [5.41, 5.74) is 0.970. The Kier molecular flexibility index (Phi) is 2.88. The lowest BCUT2D eigenvalue weighted by atomic mass is 9.95. The van der Waals surface area contributed by atoms with Gasteiger partial charge in [-0.2, -0.15) is 5.26 Å². The van der Waals surface area contributed by atoms with Crippen molar-refractivity contribution in [3.8, 4) is 6.07 Å². The molecule has 0 amide bonds. The summed E-state index contributed by atoms with van der Waals surface area (Å²) in [5.74, 6) is -1.16.